The van der Waals surface area contributed by atoms with Gasteiger partial charge in [-0.15, -0.1) is 0 Å². The zero-order chi connectivity index (χ0) is 16.1. The Morgan fingerprint density at radius 2 is 1.87 bits per heavy atom. The van der Waals surface area contributed by atoms with E-state index in [-0.39, 0.29) is 0 Å². The van der Waals surface area contributed by atoms with Crippen molar-refractivity contribution >= 4 is 5.91 Å². The highest BCUT2D eigenvalue weighted by molar-refractivity contribution is 5.76. The summed E-state index contributed by atoms with van der Waals surface area (Å²) in [6.07, 6.45) is 11.5. The third-order valence-corrected chi connectivity index (χ3v) is 5.02. The van der Waals surface area contributed by atoms with Crippen molar-refractivity contribution in [1.29, 1.82) is 0 Å². The van der Waals surface area contributed by atoms with E-state index >= 15 is 0 Å². The Bertz CT molecular complexity index is 512. The van der Waals surface area contributed by atoms with Gasteiger partial charge in [-0.3, -0.25) is 4.79 Å². The van der Waals surface area contributed by atoms with Crippen molar-refractivity contribution in [3.63, 3.8) is 0 Å². The van der Waals surface area contributed by atoms with Gasteiger partial charge >= 0.3 is 6.01 Å². The maximum absolute atomic E-state index is 12.5. The second-order valence-corrected chi connectivity index (χ2v) is 7.06. The predicted molar refractivity (Wildman–Crippen MR) is 88.1 cm³/mol. The molecule has 1 aromatic rings. The van der Waals surface area contributed by atoms with Crippen LogP contribution in [-0.2, 0) is 4.79 Å². The van der Waals surface area contributed by atoms with Crippen molar-refractivity contribution in [2.45, 2.75) is 51.9 Å². The first-order chi connectivity index (χ1) is 11.2. The summed E-state index contributed by atoms with van der Waals surface area (Å²) in [5.74, 6) is 1.36. The first-order valence-electron chi connectivity index (χ1n) is 8.90. The number of amides is 1. The fraction of sp³-hybridized carbons (Fsp3) is 0.722. The van der Waals surface area contributed by atoms with Gasteiger partial charge in [0.1, 0.15) is 0 Å². The molecule has 3 rings (SSSR count). The molecule has 5 heteroatoms. The highest BCUT2D eigenvalue weighted by Crippen LogP contribution is 2.29. The first-order valence-corrected chi connectivity index (χ1v) is 8.90. The number of carbonyl (C=O) groups excluding carboxylic acids is 1. The molecule has 1 unspecified atom stereocenters. The molecular formula is C18H27N3O2. The lowest BCUT2D eigenvalue weighted by Gasteiger charge is -2.33. The Kier molecular flexibility index (Phi) is 5.47. The van der Waals surface area contributed by atoms with Crippen molar-refractivity contribution in [1.82, 2.24) is 14.9 Å². The van der Waals surface area contributed by atoms with Crippen LogP contribution in [0.1, 0.15) is 50.5 Å². The minimum absolute atomic E-state index is 0.341. The number of aromatic nitrogens is 2. The third-order valence-electron chi connectivity index (χ3n) is 5.02. The molecule has 1 aliphatic heterocycles. The fourth-order valence-electron chi connectivity index (χ4n) is 3.67. The van der Waals surface area contributed by atoms with E-state index in [0.29, 0.717) is 30.4 Å². The van der Waals surface area contributed by atoms with Gasteiger partial charge in [0.2, 0.25) is 5.91 Å². The summed E-state index contributed by atoms with van der Waals surface area (Å²) in [4.78, 5) is 22.9. The first kappa shape index (κ1) is 16.2. The molecule has 23 heavy (non-hydrogen) atoms. The van der Waals surface area contributed by atoms with Gasteiger partial charge in [0.15, 0.2) is 0 Å². The molecule has 0 aromatic carbocycles. The van der Waals surface area contributed by atoms with E-state index in [1.165, 1.54) is 25.7 Å². The van der Waals surface area contributed by atoms with Crippen molar-refractivity contribution in [3.05, 3.63) is 18.0 Å². The molecule has 1 atom stereocenters. The number of likely N-dealkylation sites (tertiary alicyclic amines) is 1. The molecule has 0 radical (unpaired) electrons. The van der Waals surface area contributed by atoms with Crippen LogP contribution in [0.3, 0.4) is 0 Å². The second kappa shape index (κ2) is 7.75. The van der Waals surface area contributed by atoms with Crippen molar-refractivity contribution in [3.8, 4) is 6.01 Å². The van der Waals surface area contributed by atoms with Gasteiger partial charge in [0.25, 0.3) is 0 Å². The lowest BCUT2D eigenvalue weighted by atomic mass is 9.97. The average Bonchev–Trinajstić information content (AvgIpc) is 3.07. The van der Waals surface area contributed by atoms with E-state index in [2.05, 4.69) is 9.97 Å². The molecule has 5 nitrogen and oxygen atoms in total. The SMILES string of the molecule is Cc1cnc(OCC2CCCN(C(=O)CC3CCCC3)C2)nc1. The van der Waals surface area contributed by atoms with Crippen LogP contribution in [0.15, 0.2) is 12.4 Å². The molecule has 1 amide bonds. The van der Waals surface area contributed by atoms with Gasteiger partial charge in [-0.25, -0.2) is 9.97 Å². The van der Waals surface area contributed by atoms with Gasteiger partial charge < -0.3 is 9.64 Å². The molecule has 2 aliphatic rings. The Hall–Kier alpha value is -1.65. The van der Waals surface area contributed by atoms with Crippen molar-refractivity contribution in [2.75, 3.05) is 19.7 Å². The molecule has 0 bridgehead atoms. The standard InChI is InChI=1S/C18H27N3O2/c1-14-10-19-18(20-11-14)23-13-16-7-4-8-21(12-16)17(22)9-15-5-2-3-6-15/h10-11,15-16H,2-9,12-13H2,1H3. The minimum Gasteiger partial charge on any atom is -0.463 e. The number of carbonyl (C=O) groups is 1. The molecule has 2 fully saturated rings. The Morgan fingerprint density at radius 3 is 2.61 bits per heavy atom. The van der Waals surface area contributed by atoms with Crippen LogP contribution < -0.4 is 4.74 Å². The summed E-state index contributed by atoms with van der Waals surface area (Å²) in [5.41, 5.74) is 1.03. The van der Waals surface area contributed by atoms with Gasteiger partial charge in [-0.2, -0.15) is 0 Å². The summed E-state index contributed by atoms with van der Waals surface area (Å²) in [6, 6.07) is 0.435. The van der Waals surface area contributed by atoms with Crippen molar-refractivity contribution in [2.24, 2.45) is 11.8 Å². The quantitative estimate of drug-likeness (QED) is 0.838. The zero-order valence-electron chi connectivity index (χ0n) is 14.0. The third kappa shape index (κ3) is 4.66. The molecule has 126 valence electrons. The van der Waals surface area contributed by atoms with Gasteiger partial charge in [0.05, 0.1) is 6.61 Å². The van der Waals surface area contributed by atoms with Crippen LogP contribution in [0, 0.1) is 18.8 Å². The number of nitrogens with zero attached hydrogens (tertiary/aromatic N) is 3. The lowest BCUT2D eigenvalue weighted by Crippen LogP contribution is -2.42. The summed E-state index contributed by atoms with van der Waals surface area (Å²) in [7, 11) is 0. The Labute approximate surface area is 138 Å². The number of ether oxygens (including phenoxy) is 1. The molecule has 1 saturated carbocycles. The van der Waals surface area contributed by atoms with Gasteiger partial charge in [-0.05, 0) is 44.1 Å². The van der Waals surface area contributed by atoms with Crippen LogP contribution in [-0.4, -0.2) is 40.5 Å². The van der Waals surface area contributed by atoms with Crippen LogP contribution >= 0.6 is 0 Å². The largest absolute Gasteiger partial charge is 0.463 e. The van der Waals surface area contributed by atoms with Crippen LogP contribution in [0.5, 0.6) is 6.01 Å². The summed E-state index contributed by atoms with van der Waals surface area (Å²) >= 11 is 0. The Morgan fingerprint density at radius 1 is 1.17 bits per heavy atom. The number of rotatable bonds is 5. The smallest absolute Gasteiger partial charge is 0.316 e. The fourth-order valence-corrected chi connectivity index (χ4v) is 3.67. The van der Waals surface area contributed by atoms with Crippen molar-refractivity contribution < 1.29 is 9.53 Å². The van der Waals surface area contributed by atoms with E-state index in [1.807, 2.05) is 11.8 Å². The topological polar surface area (TPSA) is 55.3 Å². The number of hydrogen-bond donors (Lipinski definition) is 0. The number of aryl methyl sites for hydroxylation is 1. The summed E-state index contributed by atoms with van der Waals surface area (Å²) in [6.45, 7) is 4.27. The van der Waals surface area contributed by atoms with E-state index in [1.54, 1.807) is 12.4 Å². The normalized spacial score (nSPS) is 22.3. The molecule has 0 spiro atoms. The molecule has 1 saturated heterocycles. The minimum atomic E-state index is 0.341. The molecule has 1 aromatic heterocycles. The highest BCUT2D eigenvalue weighted by Gasteiger charge is 2.27. The molecule has 1 aliphatic carbocycles. The summed E-state index contributed by atoms with van der Waals surface area (Å²) < 4.78 is 5.70. The maximum atomic E-state index is 12.5. The second-order valence-electron chi connectivity index (χ2n) is 7.06. The lowest BCUT2D eigenvalue weighted by molar-refractivity contribution is -0.134. The van der Waals surface area contributed by atoms with Crippen LogP contribution in [0.4, 0.5) is 0 Å². The molecule has 2 heterocycles. The van der Waals surface area contributed by atoms with E-state index in [9.17, 15) is 4.79 Å². The number of piperidine rings is 1. The number of hydrogen-bond acceptors (Lipinski definition) is 4. The average molecular weight is 317 g/mol. The zero-order valence-corrected chi connectivity index (χ0v) is 14.0. The van der Waals surface area contributed by atoms with Gasteiger partial charge in [0, 0.05) is 37.8 Å². The molecular weight excluding hydrogens is 290 g/mol. The van der Waals surface area contributed by atoms with E-state index in [4.69, 9.17) is 4.74 Å². The molecule has 0 N–H and O–H groups in total. The van der Waals surface area contributed by atoms with E-state index in [0.717, 1.165) is 37.9 Å². The van der Waals surface area contributed by atoms with Crippen LogP contribution in [0.2, 0.25) is 0 Å². The van der Waals surface area contributed by atoms with E-state index < -0.39 is 0 Å². The summed E-state index contributed by atoms with van der Waals surface area (Å²) in [5, 5.41) is 0. The van der Waals surface area contributed by atoms with Crippen LogP contribution in [0.25, 0.3) is 0 Å². The predicted octanol–water partition coefficient (Wildman–Crippen LogP) is 2.98. The monoisotopic (exact) mass is 317 g/mol. The highest BCUT2D eigenvalue weighted by atomic mass is 16.5. The maximum Gasteiger partial charge on any atom is 0.316 e. The van der Waals surface area contributed by atoms with Gasteiger partial charge in [-0.1, -0.05) is 12.8 Å². The Balaban J connectivity index is 1.45.